The number of rotatable bonds is 13. The SMILES string of the molecule is CCOC(=O)C1=C(C)NC(=S)N[C@H]1c1ccccc1OCC(=O)NN=Cc1cc(Cl)c(OCc2ccc3ccccc3c2)c(OCC)c1. The molecule has 10 nitrogen and oxygen atoms in total. The molecule has 0 radical (unpaired) electrons. The highest BCUT2D eigenvalue weighted by atomic mass is 35.5. The molecule has 248 valence electrons. The number of carbonyl (C=O) groups is 2. The first-order valence-electron chi connectivity index (χ1n) is 15.3. The minimum atomic E-state index is -0.640. The second-order valence-electron chi connectivity index (χ2n) is 10.6. The number of para-hydroxylation sites is 1. The summed E-state index contributed by atoms with van der Waals surface area (Å²) in [4.78, 5) is 25.5. The van der Waals surface area contributed by atoms with E-state index in [1.807, 2.05) is 25.1 Å². The van der Waals surface area contributed by atoms with Crippen molar-refractivity contribution >= 4 is 57.8 Å². The zero-order chi connectivity index (χ0) is 34.0. The molecule has 1 heterocycles. The molecular formula is C36H35ClN4O6S. The molecule has 1 aliphatic heterocycles. The van der Waals surface area contributed by atoms with E-state index >= 15 is 0 Å². The summed E-state index contributed by atoms with van der Waals surface area (Å²) in [6.07, 6.45) is 1.45. The van der Waals surface area contributed by atoms with Crippen molar-refractivity contribution in [3.8, 4) is 17.2 Å². The number of hydrazone groups is 1. The first kappa shape index (κ1) is 34.2. The quantitative estimate of drug-likeness (QED) is 0.0639. The molecule has 4 aromatic carbocycles. The van der Waals surface area contributed by atoms with Gasteiger partial charge in [-0.1, -0.05) is 66.2 Å². The van der Waals surface area contributed by atoms with Gasteiger partial charge in [0, 0.05) is 11.3 Å². The highest BCUT2D eigenvalue weighted by Gasteiger charge is 2.32. The number of carbonyl (C=O) groups excluding carboxylic acids is 2. The molecule has 48 heavy (non-hydrogen) atoms. The standard InChI is InChI=1S/C36H35ClN4O6S/c1-4-44-30-18-24(17-28(37)34(30)47-20-23-14-15-25-10-6-7-11-26(25)16-23)19-38-41-31(42)21-46-29-13-9-8-12-27(29)33-32(35(43)45-5-2)22(3)39-36(48)40-33/h6-19,33H,4-5,20-21H2,1-3H3,(H,41,42)(H2,39,40,48)/t33-/m0/s1. The van der Waals surface area contributed by atoms with Gasteiger partial charge in [0.1, 0.15) is 12.4 Å². The van der Waals surface area contributed by atoms with Gasteiger partial charge in [-0.15, -0.1) is 0 Å². The average molecular weight is 687 g/mol. The lowest BCUT2D eigenvalue weighted by Crippen LogP contribution is -2.45. The maximum absolute atomic E-state index is 12.8. The van der Waals surface area contributed by atoms with Crippen LogP contribution < -0.4 is 30.3 Å². The smallest absolute Gasteiger partial charge is 0.338 e. The minimum Gasteiger partial charge on any atom is -0.490 e. The minimum absolute atomic E-state index is 0.217. The number of amides is 1. The van der Waals surface area contributed by atoms with Crippen molar-refractivity contribution in [2.75, 3.05) is 19.8 Å². The van der Waals surface area contributed by atoms with Crippen molar-refractivity contribution < 1.29 is 28.5 Å². The number of nitrogens with zero attached hydrogens (tertiary/aromatic N) is 1. The molecule has 1 aliphatic rings. The fraction of sp³-hybridized carbons (Fsp3) is 0.222. The molecule has 0 aliphatic carbocycles. The molecule has 0 bridgehead atoms. The number of ether oxygens (including phenoxy) is 4. The van der Waals surface area contributed by atoms with Gasteiger partial charge in [-0.3, -0.25) is 4.79 Å². The molecular weight excluding hydrogens is 652 g/mol. The molecule has 5 rings (SSSR count). The van der Waals surface area contributed by atoms with E-state index in [-0.39, 0.29) is 13.2 Å². The molecule has 0 saturated heterocycles. The number of esters is 1. The molecule has 0 unspecified atom stereocenters. The molecule has 3 N–H and O–H groups in total. The van der Waals surface area contributed by atoms with Gasteiger partial charge in [-0.05, 0) is 79.2 Å². The molecule has 1 atom stereocenters. The Balaban J connectivity index is 1.22. The summed E-state index contributed by atoms with van der Waals surface area (Å²) in [5.41, 5.74) is 5.60. The number of halogens is 1. The maximum atomic E-state index is 12.8. The Kier molecular flexibility index (Phi) is 11.5. The van der Waals surface area contributed by atoms with Crippen LogP contribution in [0, 0.1) is 0 Å². The highest BCUT2D eigenvalue weighted by Crippen LogP contribution is 2.37. The van der Waals surface area contributed by atoms with E-state index < -0.39 is 17.9 Å². The third kappa shape index (κ3) is 8.41. The van der Waals surface area contributed by atoms with Crippen molar-refractivity contribution in [3.05, 3.63) is 112 Å². The lowest BCUT2D eigenvalue weighted by molar-refractivity contribution is -0.139. The monoisotopic (exact) mass is 686 g/mol. The summed E-state index contributed by atoms with van der Waals surface area (Å²) >= 11 is 11.9. The normalized spacial score (nSPS) is 14.3. The molecule has 0 spiro atoms. The van der Waals surface area contributed by atoms with Crippen LogP contribution in [0.1, 0.15) is 43.5 Å². The van der Waals surface area contributed by atoms with Gasteiger partial charge >= 0.3 is 5.97 Å². The number of hydrogen-bond donors (Lipinski definition) is 3. The van der Waals surface area contributed by atoms with Crippen LogP contribution in [0.5, 0.6) is 17.2 Å². The lowest BCUT2D eigenvalue weighted by atomic mass is 9.95. The van der Waals surface area contributed by atoms with Gasteiger partial charge < -0.3 is 29.6 Å². The van der Waals surface area contributed by atoms with Crippen molar-refractivity contribution in [1.82, 2.24) is 16.1 Å². The van der Waals surface area contributed by atoms with Crippen LogP contribution in [-0.4, -0.2) is 43.0 Å². The highest BCUT2D eigenvalue weighted by molar-refractivity contribution is 7.80. The van der Waals surface area contributed by atoms with Crippen LogP contribution in [0.2, 0.25) is 5.02 Å². The summed E-state index contributed by atoms with van der Waals surface area (Å²) in [6, 6.07) is 24.1. The van der Waals surface area contributed by atoms with Crippen LogP contribution in [0.3, 0.4) is 0 Å². The van der Waals surface area contributed by atoms with Crippen LogP contribution in [0.25, 0.3) is 10.8 Å². The fourth-order valence-electron chi connectivity index (χ4n) is 5.16. The van der Waals surface area contributed by atoms with E-state index in [0.717, 1.165) is 16.3 Å². The third-order valence-electron chi connectivity index (χ3n) is 7.28. The molecule has 1 amide bonds. The Morgan fingerprint density at radius 3 is 2.50 bits per heavy atom. The Labute approximate surface area is 289 Å². The Morgan fingerprint density at radius 1 is 0.938 bits per heavy atom. The summed E-state index contributed by atoms with van der Waals surface area (Å²) in [7, 11) is 0. The molecule has 0 aromatic heterocycles. The maximum Gasteiger partial charge on any atom is 0.338 e. The van der Waals surface area contributed by atoms with Crippen molar-refractivity contribution in [3.63, 3.8) is 0 Å². The zero-order valence-electron chi connectivity index (χ0n) is 26.7. The van der Waals surface area contributed by atoms with Gasteiger partial charge in [0.25, 0.3) is 5.91 Å². The largest absolute Gasteiger partial charge is 0.490 e. The van der Waals surface area contributed by atoms with E-state index in [9.17, 15) is 9.59 Å². The second-order valence-corrected chi connectivity index (χ2v) is 11.5. The third-order valence-corrected chi connectivity index (χ3v) is 7.79. The number of allylic oxidation sites excluding steroid dienone is 1. The van der Waals surface area contributed by atoms with Gasteiger partial charge in [0.15, 0.2) is 23.2 Å². The molecule has 12 heteroatoms. The van der Waals surface area contributed by atoms with Crippen molar-refractivity contribution in [2.24, 2.45) is 5.10 Å². The van der Waals surface area contributed by atoms with E-state index in [2.05, 4.69) is 45.4 Å². The Bertz CT molecular complexity index is 1900. The summed E-state index contributed by atoms with van der Waals surface area (Å²) in [6.45, 7) is 5.93. The lowest BCUT2D eigenvalue weighted by Gasteiger charge is -2.30. The first-order valence-corrected chi connectivity index (χ1v) is 16.1. The van der Waals surface area contributed by atoms with Crippen LogP contribution in [0.4, 0.5) is 0 Å². The number of fused-ring (bicyclic) bond motifs is 1. The summed E-state index contributed by atoms with van der Waals surface area (Å²) in [5, 5.41) is 13.1. The summed E-state index contributed by atoms with van der Waals surface area (Å²) < 4.78 is 23.0. The van der Waals surface area contributed by atoms with Gasteiger partial charge in [0.2, 0.25) is 0 Å². The average Bonchev–Trinajstić information content (AvgIpc) is 3.07. The van der Waals surface area contributed by atoms with Gasteiger partial charge in [-0.2, -0.15) is 5.10 Å². The van der Waals surface area contributed by atoms with Crippen molar-refractivity contribution in [1.29, 1.82) is 0 Å². The fourth-order valence-corrected chi connectivity index (χ4v) is 5.71. The molecule has 0 fully saturated rings. The first-order chi connectivity index (χ1) is 23.3. The number of hydrogen-bond acceptors (Lipinski definition) is 8. The summed E-state index contributed by atoms with van der Waals surface area (Å²) in [5.74, 6) is 0.275. The van der Waals surface area contributed by atoms with Gasteiger partial charge in [-0.25, -0.2) is 10.2 Å². The zero-order valence-corrected chi connectivity index (χ0v) is 28.2. The van der Waals surface area contributed by atoms with E-state index in [1.165, 1.54) is 6.21 Å². The number of benzene rings is 4. The van der Waals surface area contributed by atoms with Crippen LogP contribution in [0.15, 0.2) is 95.2 Å². The topological polar surface area (TPSA) is 120 Å². The van der Waals surface area contributed by atoms with Crippen LogP contribution in [-0.2, 0) is 20.9 Å². The van der Waals surface area contributed by atoms with E-state index in [1.54, 1.807) is 50.2 Å². The Morgan fingerprint density at radius 2 is 1.71 bits per heavy atom. The Hall–Kier alpha value is -5.13. The number of nitrogens with one attached hydrogen (secondary N) is 3. The molecule has 4 aromatic rings. The van der Waals surface area contributed by atoms with E-state index in [4.69, 9.17) is 42.8 Å². The molecule has 0 saturated carbocycles. The number of thiocarbonyl (C=S) groups is 1. The predicted octanol–water partition coefficient (Wildman–Crippen LogP) is 6.36. The predicted molar refractivity (Wildman–Crippen MR) is 190 cm³/mol. The second kappa shape index (κ2) is 16.1. The van der Waals surface area contributed by atoms with E-state index in [0.29, 0.717) is 63.0 Å². The van der Waals surface area contributed by atoms with Crippen LogP contribution >= 0.6 is 23.8 Å². The van der Waals surface area contributed by atoms with Gasteiger partial charge in [0.05, 0.1) is 36.1 Å². The van der Waals surface area contributed by atoms with Crippen molar-refractivity contribution in [2.45, 2.75) is 33.4 Å².